The van der Waals surface area contributed by atoms with E-state index in [0.29, 0.717) is 82.4 Å². The average Bonchev–Trinajstić information content (AvgIpc) is 0.762. The van der Waals surface area contributed by atoms with Crippen LogP contribution >= 0.6 is 0 Å². The lowest BCUT2D eigenvalue weighted by atomic mass is 9.82. The van der Waals surface area contributed by atoms with E-state index in [-0.39, 0.29) is 91.0 Å². The van der Waals surface area contributed by atoms with Crippen molar-refractivity contribution in [2.24, 2.45) is 0 Å². The molecule has 0 saturated carbocycles. The molecule has 3 N–H and O–H groups in total. The standard InChI is InChI=1S/C26H32O7.C25H31NO7.C15H14O3.C8H15NO4/c1-16(27)30-23-18-11-8-7-10-17(18)22-19(14-15-26(5,6)33-22)24(23)31-20(28)12-9-13-21(29)32-25(2,3)4;1-15(27)30-22-18-11-13-25(5,6)32-20(18)16-9-7-8-10-17(16)21(22)31-19(28)12-14-26-23(29)33-24(2,3)4;1-15(2)8-7-11-13(17)12(16)9-5-3-4-6-10(9)14(11)18-15;1-8(2,3)13-7(12)9-5-4-6(10)11/h7-8,10-11H,9,12-15H2,1-6H3;7-10H,11-14H2,1-6H3,(H,26,29);3-6H,7-8H2,1-2H3;4-5H2,1-3H3,(H,9,12)(H,10,11). The lowest BCUT2D eigenvalue weighted by Gasteiger charge is -2.36. The fraction of sp³-hybridized carbons (Fsp3) is 0.486. The number of rotatable bonds is 14. The Morgan fingerprint density at radius 3 is 1.31 bits per heavy atom. The summed E-state index contributed by atoms with van der Waals surface area (Å²) in [5.41, 5.74) is 0.336. The smallest absolute Gasteiger partial charge is 0.407 e. The normalized spacial score (nSPS) is 15.4. The zero-order chi connectivity index (χ0) is 72.2. The Labute approximate surface area is 565 Å². The van der Waals surface area contributed by atoms with Crippen LogP contribution in [0.4, 0.5) is 9.59 Å². The van der Waals surface area contributed by atoms with Crippen molar-refractivity contribution in [1.29, 1.82) is 0 Å². The molecule has 0 aromatic heterocycles. The summed E-state index contributed by atoms with van der Waals surface area (Å²) in [5.74, 6) is -1.62. The third kappa shape index (κ3) is 22.5. The molecule has 9 rings (SSSR count). The number of Topliss-reactive ketones (excluding diaryl/α,β-unsaturated/α-hetero) is 2. The van der Waals surface area contributed by atoms with Gasteiger partial charge in [0.2, 0.25) is 11.6 Å². The number of hydrogen-bond acceptors (Lipinski definition) is 20. The van der Waals surface area contributed by atoms with Crippen LogP contribution in [0.2, 0.25) is 0 Å². The van der Waals surface area contributed by atoms with Crippen molar-refractivity contribution in [3.63, 3.8) is 0 Å². The van der Waals surface area contributed by atoms with Gasteiger partial charge in [0.15, 0.2) is 23.0 Å². The number of carboxylic acid groups (broad SMARTS) is 1. The van der Waals surface area contributed by atoms with Crippen molar-refractivity contribution in [1.82, 2.24) is 10.6 Å². The second kappa shape index (κ2) is 31.6. The van der Waals surface area contributed by atoms with Crippen molar-refractivity contribution >= 4 is 86.9 Å². The number of ketones is 2. The van der Waals surface area contributed by atoms with Gasteiger partial charge in [-0.15, -0.1) is 0 Å². The van der Waals surface area contributed by atoms with Crippen molar-refractivity contribution in [2.45, 2.75) is 222 Å². The minimum Gasteiger partial charge on any atom is -0.487 e. The Balaban J connectivity index is 0.000000217. The number of nitrogens with one attached hydrogen (secondary N) is 2. The number of carbonyl (C=O) groups is 10. The molecule has 1 aliphatic carbocycles. The van der Waals surface area contributed by atoms with Crippen LogP contribution in [0.25, 0.3) is 27.3 Å². The summed E-state index contributed by atoms with van der Waals surface area (Å²) in [6.45, 7) is 30.6. The van der Waals surface area contributed by atoms with Gasteiger partial charge in [-0.05, 0) is 149 Å². The summed E-state index contributed by atoms with van der Waals surface area (Å²) in [4.78, 5) is 118. The Morgan fingerprint density at radius 2 is 0.835 bits per heavy atom. The van der Waals surface area contributed by atoms with Crippen molar-refractivity contribution in [3.05, 3.63) is 101 Å². The molecule has 5 aromatic carbocycles. The van der Waals surface area contributed by atoms with Gasteiger partial charge < -0.3 is 63.1 Å². The van der Waals surface area contributed by atoms with E-state index >= 15 is 0 Å². The van der Waals surface area contributed by atoms with Crippen LogP contribution in [0.5, 0.6) is 34.5 Å². The molecule has 0 atom stereocenters. The van der Waals surface area contributed by atoms with Gasteiger partial charge in [-0.1, -0.05) is 72.8 Å². The highest BCUT2D eigenvalue weighted by molar-refractivity contribution is 6.52. The highest BCUT2D eigenvalue weighted by Crippen LogP contribution is 2.52. The van der Waals surface area contributed by atoms with Gasteiger partial charge in [0.25, 0.3) is 0 Å². The Morgan fingerprint density at radius 1 is 0.454 bits per heavy atom. The predicted molar refractivity (Wildman–Crippen MR) is 360 cm³/mol. The zero-order valence-corrected chi connectivity index (χ0v) is 58.7. The molecule has 97 heavy (non-hydrogen) atoms. The zero-order valence-electron chi connectivity index (χ0n) is 58.7. The van der Waals surface area contributed by atoms with E-state index in [1.54, 1.807) is 86.6 Å². The number of benzene rings is 5. The first kappa shape index (κ1) is 76.5. The SMILES string of the molecule is CC(=O)Oc1c(OC(=O)CCCC(=O)OC(C)(C)C)c2c(c3ccccc13)OC(C)(C)CC2.CC(=O)Oc1c2c(c3ccccc3c1OC(=O)CCNC(=O)OC(C)(C)C)OC(C)(C)CC2.CC(C)(C)OC(=O)NCCC(=O)O.CC1(C)CCC2=C(O1)c1ccccc1C(=O)C2=O. The number of amides is 2. The summed E-state index contributed by atoms with van der Waals surface area (Å²) in [6, 6.07) is 21.9. The first-order valence-corrected chi connectivity index (χ1v) is 32.3. The van der Waals surface area contributed by atoms with Gasteiger partial charge in [0.05, 0.1) is 12.8 Å². The summed E-state index contributed by atoms with van der Waals surface area (Å²) >= 11 is 0. The number of ether oxygens (including phenoxy) is 10. The van der Waals surface area contributed by atoms with Crippen molar-refractivity contribution in [3.8, 4) is 34.5 Å². The number of carboxylic acids is 1. The van der Waals surface area contributed by atoms with Gasteiger partial charge in [-0.25, -0.2) is 9.59 Å². The van der Waals surface area contributed by atoms with E-state index in [9.17, 15) is 47.9 Å². The number of esters is 5. The van der Waals surface area contributed by atoms with Gasteiger partial charge >= 0.3 is 48.0 Å². The summed E-state index contributed by atoms with van der Waals surface area (Å²) in [5, 5.41) is 15.9. The third-order valence-corrected chi connectivity index (χ3v) is 14.7. The third-order valence-electron chi connectivity index (χ3n) is 14.7. The summed E-state index contributed by atoms with van der Waals surface area (Å²) < 4.78 is 56.3. The van der Waals surface area contributed by atoms with Gasteiger partial charge in [0.1, 0.15) is 50.9 Å². The van der Waals surface area contributed by atoms with Gasteiger partial charge in [0, 0.05) is 89.2 Å². The second-order valence-electron chi connectivity index (χ2n) is 28.4. The highest BCUT2D eigenvalue weighted by Gasteiger charge is 2.41. The van der Waals surface area contributed by atoms with Crippen molar-refractivity contribution in [2.75, 3.05) is 13.1 Å². The predicted octanol–water partition coefficient (Wildman–Crippen LogP) is 13.7. The quantitative estimate of drug-likeness (QED) is 0.0402. The lowest BCUT2D eigenvalue weighted by molar-refractivity contribution is -0.155. The molecule has 0 fully saturated rings. The molecule has 3 heterocycles. The number of aliphatic carboxylic acids is 1. The molecule has 524 valence electrons. The first-order valence-electron chi connectivity index (χ1n) is 32.3. The maximum Gasteiger partial charge on any atom is 0.407 e. The molecule has 23 nitrogen and oxygen atoms in total. The fourth-order valence-corrected chi connectivity index (χ4v) is 10.5. The van der Waals surface area contributed by atoms with Crippen LogP contribution in [-0.4, -0.2) is 111 Å². The molecule has 2 amide bonds. The molecular formula is C74H92N2O21. The number of alkyl carbamates (subject to hydrolysis) is 2. The van der Waals surface area contributed by atoms with E-state index < -0.39 is 70.4 Å². The largest absolute Gasteiger partial charge is 0.487 e. The van der Waals surface area contributed by atoms with E-state index in [1.165, 1.54) is 13.8 Å². The number of fused-ring (bicyclic) bond motifs is 8. The molecule has 5 aromatic rings. The Bertz CT molecular complexity index is 3870. The van der Waals surface area contributed by atoms with Crippen LogP contribution in [0.3, 0.4) is 0 Å². The lowest BCUT2D eigenvalue weighted by Crippen LogP contribution is -2.34. The Hall–Kier alpha value is -9.54. The van der Waals surface area contributed by atoms with Crippen molar-refractivity contribution < 1.29 is 100 Å². The molecule has 23 heteroatoms. The van der Waals surface area contributed by atoms with E-state index in [0.717, 1.165) is 22.8 Å². The Kier molecular flexibility index (Phi) is 24.9. The minimum atomic E-state index is -0.948. The first-order chi connectivity index (χ1) is 45.0. The van der Waals surface area contributed by atoms with E-state index in [1.807, 2.05) is 90.1 Å². The topological polar surface area (TPSA) is 307 Å². The summed E-state index contributed by atoms with van der Waals surface area (Å²) in [7, 11) is 0. The molecule has 0 bridgehead atoms. The molecule has 0 saturated heterocycles. The highest BCUT2D eigenvalue weighted by atomic mass is 16.6. The van der Waals surface area contributed by atoms with Crippen LogP contribution in [0, 0.1) is 0 Å². The molecule has 3 aliphatic heterocycles. The van der Waals surface area contributed by atoms with E-state index in [4.69, 9.17) is 52.5 Å². The molecule has 0 radical (unpaired) electrons. The fourth-order valence-electron chi connectivity index (χ4n) is 10.5. The number of carbonyl (C=O) groups excluding carboxylic acids is 9. The number of hydrogen-bond donors (Lipinski definition) is 3. The van der Waals surface area contributed by atoms with Crippen LogP contribution in [-0.2, 0) is 65.4 Å². The van der Waals surface area contributed by atoms with E-state index in [2.05, 4.69) is 10.6 Å². The number of allylic oxidation sites excluding steroid dienone is 1. The van der Waals surface area contributed by atoms with Crippen LogP contribution in [0.1, 0.15) is 203 Å². The van der Waals surface area contributed by atoms with Gasteiger partial charge in [-0.3, -0.25) is 38.4 Å². The maximum absolute atomic E-state index is 12.7. The van der Waals surface area contributed by atoms with Gasteiger partial charge in [-0.2, -0.15) is 0 Å². The minimum absolute atomic E-state index is 0.0205. The molecular weight excluding hydrogens is 1250 g/mol. The second-order valence-corrected chi connectivity index (χ2v) is 28.4. The maximum atomic E-state index is 12.7. The molecule has 4 aliphatic rings. The van der Waals surface area contributed by atoms with Crippen LogP contribution in [0.15, 0.2) is 78.4 Å². The summed E-state index contributed by atoms with van der Waals surface area (Å²) in [6.07, 6.45) is 3.01. The average molecular weight is 1350 g/mol. The molecule has 0 unspecified atom stereocenters. The van der Waals surface area contributed by atoms with Crippen LogP contribution < -0.4 is 39.1 Å². The monoisotopic (exact) mass is 1340 g/mol. The molecule has 0 spiro atoms.